The predicted molar refractivity (Wildman–Crippen MR) is 72.9 cm³/mol. The summed E-state index contributed by atoms with van der Waals surface area (Å²) in [6, 6.07) is 7.92. The Bertz CT molecular complexity index is 650. The second-order valence-corrected chi connectivity index (χ2v) is 5.26. The Morgan fingerprint density at radius 1 is 0.950 bits per heavy atom. The number of carbonyl (C=O) groups excluding carboxylic acids is 1. The number of hydrogen-bond acceptors (Lipinski definition) is 1. The molecule has 0 unspecified atom stereocenters. The van der Waals surface area contributed by atoms with Gasteiger partial charge in [0, 0.05) is 17.3 Å². The molecule has 1 nitrogen and oxygen atoms in total. The first-order valence-corrected chi connectivity index (χ1v) is 6.65. The molecule has 104 valence electrons. The Balaban J connectivity index is 2.13. The first-order valence-electron chi connectivity index (χ1n) is 5.86. The van der Waals surface area contributed by atoms with E-state index >= 15 is 0 Å². The largest absolute Gasteiger partial charge is 0.299 e. The topological polar surface area (TPSA) is 17.1 Å². The van der Waals surface area contributed by atoms with E-state index in [4.69, 9.17) is 0 Å². The van der Waals surface area contributed by atoms with Crippen molar-refractivity contribution in [3.05, 3.63) is 69.4 Å². The predicted octanol–water partition coefficient (Wildman–Crippen LogP) is 4.22. The molecule has 2 aromatic carbocycles. The number of benzene rings is 2. The van der Waals surface area contributed by atoms with Crippen LogP contribution in [0.5, 0.6) is 0 Å². The van der Waals surface area contributed by atoms with Crippen molar-refractivity contribution in [2.24, 2.45) is 0 Å². The molecule has 0 spiro atoms. The molecule has 0 N–H and O–H groups in total. The van der Waals surface area contributed by atoms with Crippen molar-refractivity contribution in [1.82, 2.24) is 0 Å². The molecule has 20 heavy (non-hydrogen) atoms. The number of halogens is 4. The summed E-state index contributed by atoms with van der Waals surface area (Å²) in [5.41, 5.74) is 0.201. The highest BCUT2D eigenvalue weighted by atomic mass is 79.9. The number of hydrogen-bond donors (Lipinski definition) is 0. The molecule has 0 aliphatic rings. The van der Waals surface area contributed by atoms with E-state index in [2.05, 4.69) is 15.9 Å². The maximum absolute atomic E-state index is 13.5. The molecular formula is C15H10BrF3O. The average molecular weight is 343 g/mol. The minimum Gasteiger partial charge on any atom is -0.299 e. The van der Waals surface area contributed by atoms with Crippen molar-refractivity contribution in [2.45, 2.75) is 12.8 Å². The van der Waals surface area contributed by atoms with Crippen molar-refractivity contribution in [3.63, 3.8) is 0 Å². The van der Waals surface area contributed by atoms with Crippen LogP contribution in [0.15, 0.2) is 40.9 Å². The Morgan fingerprint density at radius 3 is 2.40 bits per heavy atom. The van der Waals surface area contributed by atoms with Gasteiger partial charge >= 0.3 is 0 Å². The van der Waals surface area contributed by atoms with E-state index < -0.39 is 17.5 Å². The maximum Gasteiger partial charge on any atom is 0.162 e. The van der Waals surface area contributed by atoms with Gasteiger partial charge in [0.15, 0.2) is 11.6 Å². The molecule has 0 heterocycles. The van der Waals surface area contributed by atoms with Crippen LogP contribution in [0.2, 0.25) is 0 Å². The summed E-state index contributed by atoms with van der Waals surface area (Å²) in [6.07, 6.45) is -0.434. The van der Waals surface area contributed by atoms with Crippen LogP contribution in [0.3, 0.4) is 0 Å². The summed E-state index contributed by atoms with van der Waals surface area (Å²) in [6.45, 7) is 0. The van der Waals surface area contributed by atoms with Crippen LogP contribution < -0.4 is 0 Å². The lowest BCUT2D eigenvalue weighted by molar-refractivity contribution is -0.117. The third-order valence-corrected chi connectivity index (χ3v) is 3.31. The van der Waals surface area contributed by atoms with Crippen LogP contribution in [-0.4, -0.2) is 5.78 Å². The molecule has 0 aromatic heterocycles. The van der Waals surface area contributed by atoms with E-state index in [1.807, 2.05) is 0 Å². The van der Waals surface area contributed by atoms with Gasteiger partial charge in [0.2, 0.25) is 0 Å². The molecule has 0 saturated heterocycles. The van der Waals surface area contributed by atoms with E-state index in [-0.39, 0.29) is 29.8 Å². The molecular weight excluding hydrogens is 333 g/mol. The highest BCUT2D eigenvalue weighted by Crippen LogP contribution is 2.18. The average Bonchev–Trinajstić information content (AvgIpc) is 2.39. The fourth-order valence-electron chi connectivity index (χ4n) is 1.85. The van der Waals surface area contributed by atoms with Crippen molar-refractivity contribution in [2.75, 3.05) is 0 Å². The molecule has 0 bridgehead atoms. The summed E-state index contributed by atoms with van der Waals surface area (Å²) < 4.78 is 40.6. The van der Waals surface area contributed by atoms with Gasteiger partial charge in [0.25, 0.3) is 0 Å². The fraction of sp³-hybridized carbons (Fsp3) is 0.133. The highest BCUT2D eigenvalue weighted by molar-refractivity contribution is 9.10. The Labute approximate surface area is 122 Å². The molecule has 0 aliphatic heterocycles. The number of ketones is 1. The van der Waals surface area contributed by atoms with E-state index in [1.165, 1.54) is 30.3 Å². The molecule has 2 aromatic rings. The third kappa shape index (κ3) is 3.48. The van der Waals surface area contributed by atoms with E-state index in [9.17, 15) is 18.0 Å². The van der Waals surface area contributed by atoms with Crippen LogP contribution in [0, 0.1) is 17.5 Å². The van der Waals surface area contributed by atoms with Crippen LogP contribution in [0.4, 0.5) is 13.2 Å². The molecule has 2 rings (SSSR count). The monoisotopic (exact) mass is 342 g/mol. The molecule has 0 saturated carbocycles. The second-order valence-electron chi connectivity index (χ2n) is 4.34. The van der Waals surface area contributed by atoms with Gasteiger partial charge in [-0.3, -0.25) is 4.79 Å². The van der Waals surface area contributed by atoms with Gasteiger partial charge < -0.3 is 0 Å². The van der Waals surface area contributed by atoms with Gasteiger partial charge in [0.1, 0.15) is 11.6 Å². The van der Waals surface area contributed by atoms with Gasteiger partial charge in [-0.05, 0) is 35.4 Å². The molecule has 0 atom stereocenters. The Morgan fingerprint density at radius 2 is 1.65 bits per heavy atom. The lowest BCUT2D eigenvalue weighted by Gasteiger charge is -2.05. The summed E-state index contributed by atoms with van der Waals surface area (Å²) >= 11 is 3.19. The molecule has 0 radical (unpaired) electrons. The zero-order valence-corrected chi connectivity index (χ0v) is 11.9. The normalized spacial score (nSPS) is 10.6. The summed E-state index contributed by atoms with van der Waals surface area (Å²) in [7, 11) is 0. The van der Waals surface area contributed by atoms with Crippen molar-refractivity contribution < 1.29 is 18.0 Å². The van der Waals surface area contributed by atoms with Gasteiger partial charge in [-0.2, -0.15) is 0 Å². The van der Waals surface area contributed by atoms with E-state index in [0.717, 1.165) is 6.07 Å². The van der Waals surface area contributed by atoms with Crippen molar-refractivity contribution in [1.29, 1.82) is 0 Å². The van der Waals surface area contributed by atoms with Gasteiger partial charge in [0.05, 0.1) is 0 Å². The second kappa shape index (κ2) is 6.22. The highest BCUT2D eigenvalue weighted by Gasteiger charge is 2.14. The third-order valence-electron chi connectivity index (χ3n) is 2.81. The van der Waals surface area contributed by atoms with E-state index in [1.54, 1.807) is 0 Å². The smallest absolute Gasteiger partial charge is 0.162 e. The Hall–Kier alpha value is -1.62. The summed E-state index contributed by atoms with van der Waals surface area (Å²) in [5, 5.41) is 0. The van der Waals surface area contributed by atoms with E-state index in [0.29, 0.717) is 4.47 Å². The summed E-state index contributed by atoms with van der Waals surface area (Å²) in [4.78, 5) is 11.8. The molecule has 0 fully saturated rings. The molecule has 0 amide bonds. The minimum atomic E-state index is -1.03. The summed E-state index contributed by atoms with van der Waals surface area (Å²) in [5.74, 6) is -2.91. The van der Waals surface area contributed by atoms with Crippen LogP contribution in [0.25, 0.3) is 0 Å². The first-order chi connectivity index (χ1) is 9.47. The van der Waals surface area contributed by atoms with Crippen molar-refractivity contribution in [3.8, 4) is 0 Å². The van der Waals surface area contributed by atoms with Gasteiger partial charge in [-0.25, -0.2) is 13.2 Å². The lowest BCUT2D eigenvalue weighted by Crippen LogP contribution is -2.09. The Kier molecular flexibility index (Phi) is 4.60. The SMILES string of the molecule is O=C(Cc1cc(Br)ccc1F)Cc1cccc(F)c1F. The standard InChI is InChI=1S/C15H10BrF3O/c16-11-4-5-13(17)10(6-11)8-12(20)7-9-2-1-3-14(18)15(9)19/h1-6H,7-8H2. The first kappa shape index (κ1) is 14.8. The van der Waals surface area contributed by atoms with Gasteiger partial charge in [-0.15, -0.1) is 0 Å². The van der Waals surface area contributed by atoms with Crippen LogP contribution in [-0.2, 0) is 17.6 Å². The molecule has 5 heteroatoms. The molecule has 0 aliphatic carbocycles. The number of rotatable bonds is 4. The minimum absolute atomic E-state index is 0.0228. The number of carbonyl (C=O) groups is 1. The zero-order valence-electron chi connectivity index (χ0n) is 10.3. The fourth-order valence-corrected chi connectivity index (χ4v) is 2.26. The number of Topliss-reactive ketones (excluding diaryl/α,β-unsaturated/α-hetero) is 1. The van der Waals surface area contributed by atoms with Crippen LogP contribution >= 0.6 is 15.9 Å². The zero-order chi connectivity index (χ0) is 14.7. The van der Waals surface area contributed by atoms with Crippen LogP contribution in [0.1, 0.15) is 11.1 Å². The quantitative estimate of drug-likeness (QED) is 0.812. The maximum atomic E-state index is 13.5. The van der Waals surface area contributed by atoms with Gasteiger partial charge in [-0.1, -0.05) is 28.1 Å². The van der Waals surface area contributed by atoms with Crippen molar-refractivity contribution >= 4 is 21.7 Å². The lowest BCUT2D eigenvalue weighted by atomic mass is 10.0.